The summed E-state index contributed by atoms with van der Waals surface area (Å²) in [5.41, 5.74) is 5.06. The van der Waals surface area contributed by atoms with Crippen molar-refractivity contribution in [3.63, 3.8) is 0 Å². The molecule has 1 aliphatic heterocycles. The van der Waals surface area contributed by atoms with Crippen molar-refractivity contribution in [1.82, 2.24) is 9.97 Å². The molecule has 4 rings (SSSR count). The number of nitrogens with one attached hydrogen (secondary N) is 1. The molecule has 3 aromatic rings. The maximum Gasteiger partial charge on any atom is 0.256 e. The second kappa shape index (κ2) is 10.3. The molecule has 2 heterocycles. The molecular formula is C24H25ClN4O2S. The first-order valence-electron chi connectivity index (χ1n) is 10.5. The third kappa shape index (κ3) is 5.59. The minimum absolute atomic E-state index is 0.167. The molecule has 1 aliphatic rings. The van der Waals surface area contributed by atoms with Gasteiger partial charge in [-0.1, -0.05) is 41.6 Å². The number of hydrogen-bond acceptors (Lipinski definition) is 6. The van der Waals surface area contributed by atoms with Gasteiger partial charge in [-0.15, -0.1) is 0 Å². The van der Waals surface area contributed by atoms with Crippen LogP contribution in [0.2, 0.25) is 5.02 Å². The molecule has 0 aliphatic carbocycles. The number of benzene rings is 2. The number of aryl methyl sites for hydroxylation is 2. The molecule has 1 amide bonds. The zero-order valence-electron chi connectivity index (χ0n) is 18.1. The molecule has 0 atom stereocenters. The predicted octanol–water partition coefficient (Wildman–Crippen LogP) is 5.13. The third-order valence-electron chi connectivity index (χ3n) is 5.14. The summed E-state index contributed by atoms with van der Waals surface area (Å²) in [5.74, 6) is 0.428. The van der Waals surface area contributed by atoms with Gasteiger partial charge in [0.25, 0.3) is 5.91 Å². The monoisotopic (exact) mass is 468 g/mol. The van der Waals surface area contributed by atoms with Crippen LogP contribution in [0.25, 0.3) is 0 Å². The number of thioether (sulfide) groups is 1. The Morgan fingerprint density at radius 3 is 2.56 bits per heavy atom. The lowest BCUT2D eigenvalue weighted by molar-refractivity contribution is 0.102. The van der Waals surface area contributed by atoms with Crippen LogP contribution >= 0.6 is 23.4 Å². The molecule has 166 valence electrons. The van der Waals surface area contributed by atoms with Gasteiger partial charge in [-0.05, 0) is 49.7 Å². The molecule has 1 fully saturated rings. The van der Waals surface area contributed by atoms with Crippen LogP contribution in [0.3, 0.4) is 0 Å². The molecule has 0 spiro atoms. The molecule has 6 nitrogen and oxygen atoms in total. The Bertz CT molecular complexity index is 1100. The van der Waals surface area contributed by atoms with E-state index in [9.17, 15) is 4.79 Å². The van der Waals surface area contributed by atoms with E-state index in [0.29, 0.717) is 40.4 Å². The molecule has 8 heteroatoms. The third-order valence-corrected chi connectivity index (χ3v) is 6.27. The average molecular weight is 469 g/mol. The number of amides is 1. The lowest BCUT2D eigenvalue weighted by atomic mass is 10.1. The minimum Gasteiger partial charge on any atom is -0.378 e. The molecule has 1 N–H and O–H groups in total. The van der Waals surface area contributed by atoms with Crippen molar-refractivity contribution in [2.75, 3.05) is 36.5 Å². The van der Waals surface area contributed by atoms with Gasteiger partial charge < -0.3 is 15.0 Å². The second-order valence-electron chi connectivity index (χ2n) is 7.59. The van der Waals surface area contributed by atoms with E-state index in [4.69, 9.17) is 16.3 Å². The summed E-state index contributed by atoms with van der Waals surface area (Å²) in [6, 6.07) is 15.1. The number of aromatic nitrogens is 2. The number of ether oxygens (including phenoxy) is 1. The van der Waals surface area contributed by atoms with Crippen LogP contribution < -0.4 is 10.2 Å². The van der Waals surface area contributed by atoms with Crippen molar-refractivity contribution in [2.45, 2.75) is 24.8 Å². The Morgan fingerprint density at radius 2 is 1.81 bits per heavy atom. The first kappa shape index (κ1) is 22.6. The van der Waals surface area contributed by atoms with Gasteiger partial charge in [0.15, 0.2) is 5.16 Å². The summed E-state index contributed by atoms with van der Waals surface area (Å²) >= 11 is 7.77. The Hall–Kier alpha value is -2.61. The summed E-state index contributed by atoms with van der Waals surface area (Å²) < 4.78 is 5.46. The van der Waals surface area contributed by atoms with Crippen molar-refractivity contribution in [3.05, 3.63) is 76.1 Å². The highest BCUT2D eigenvalue weighted by Gasteiger charge is 2.18. The van der Waals surface area contributed by atoms with Crippen LogP contribution in [-0.4, -0.2) is 42.2 Å². The topological polar surface area (TPSA) is 67.4 Å². The van der Waals surface area contributed by atoms with Gasteiger partial charge in [0, 0.05) is 40.8 Å². The van der Waals surface area contributed by atoms with Gasteiger partial charge in [-0.25, -0.2) is 9.97 Å². The Kier molecular flexibility index (Phi) is 7.29. The smallest absolute Gasteiger partial charge is 0.256 e. The van der Waals surface area contributed by atoms with Gasteiger partial charge >= 0.3 is 0 Å². The zero-order valence-corrected chi connectivity index (χ0v) is 19.7. The second-order valence-corrected chi connectivity index (χ2v) is 8.97. The van der Waals surface area contributed by atoms with Crippen LogP contribution in [0.5, 0.6) is 0 Å². The summed E-state index contributed by atoms with van der Waals surface area (Å²) in [6.07, 6.45) is 0. The first-order valence-corrected chi connectivity index (χ1v) is 11.8. The molecule has 2 aromatic carbocycles. The Balaban J connectivity index is 1.54. The van der Waals surface area contributed by atoms with E-state index < -0.39 is 0 Å². The lowest BCUT2D eigenvalue weighted by Gasteiger charge is -2.30. The van der Waals surface area contributed by atoms with Crippen molar-refractivity contribution < 1.29 is 9.53 Å². The van der Waals surface area contributed by atoms with Gasteiger partial charge in [0.2, 0.25) is 0 Å². The fraction of sp³-hybridized carbons (Fsp3) is 0.292. The standard InChI is InChI=1S/C24H25ClN4O2S/c1-16-13-17(2)27-24(26-16)32-15-18-5-3-4-6-20(18)23(30)28-21-14-19(25)7-8-22(21)29-9-11-31-12-10-29/h3-8,13-14H,9-12,15H2,1-2H3,(H,28,30). The minimum atomic E-state index is -0.167. The average Bonchev–Trinajstić information content (AvgIpc) is 2.78. The largest absolute Gasteiger partial charge is 0.378 e. The van der Waals surface area contributed by atoms with E-state index in [2.05, 4.69) is 20.2 Å². The molecule has 0 saturated carbocycles. The molecule has 0 bridgehead atoms. The maximum atomic E-state index is 13.3. The summed E-state index contributed by atoms with van der Waals surface area (Å²) in [5, 5.41) is 4.36. The highest BCUT2D eigenvalue weighted by atomic mass is 35.5. The fourth-order valence-electron chi connectivity index (χ4n) is 3.65. The molecule has 0 radical (unpaired) electrons. The van der Waals surface area contributed by atoms with Gasteiger partial charge in [0.1, 0.15) is 0 Å². The SMILES string of the molecule is Cc1cc(C)nc(SCc2ccccc2C(=O)Nc2cc(Cl)ccc2N2CCOCC2)n1. The fourth-order valence-corrected chi connectivity index (χ4v) is 4.77. The number of carbonyl (C=O) groups excluding carboxylic acids is 1. The number of hydrogen-bond donors (Lipinski definition) is 1. The van der Waals surface area contributed by atoms with E-state index >= 15 is 0 Å². The Labute approximate surface area is 197 Å². The van der Waals surface area contributed by atoms with Crippen molar-refractivity contribution in [3.8, 4) is 0 Å². The normalized spacial score (nSPS) is 13.8. The van der Waals surface area contributed by atoms with Gasteiger partial charge in [0.05, 0.1) is 24.6 Å². The highest BCUT2D eigenvalue weighted by molar-refractivity contribution is 7.98. The Morgan fingerprint density at radius 1 is 1.09 bits per heavy atom. The molecule has 1 saturated heterocycles. The summed E-state index contributed by atoms with van der Waals surface area (Å²) in [6.45, 7) is 6.78. The number of nitrogens with zero attached hydrogens (tertiary/aromatic N) is 3. The quantitative estimate of drug-likeness (QED) is 0.399. The van der Waals surface area contributed by atoms with Crippen molar-refractivity contribution in [1.29, 1.82) is 0 Å². The molecule has 1 aromatic heterocycles. The van der Waals surface area contributed by atoms with Gasteiger partial charge in [-0.2, -0.15) is 0 Å². The van der Waals surface area contributed by atoms with Crippen molar-refractivity contribution in [2.24, 2.45) is 0 Å². The zero-order chi connectivity index (χ0) is 22.5. The van der Waals surface area contributed by atoms with Crippen LogP contribution in [0.15, 0.2) is 53.7 Å². The summed E-state index contributed by atoms with van der Waals surface area (Å²) in [4.78, 5) is 24.4. The van der Waals surface area contributed by atoms with E-state index in [1.807, 2.05) is 56.3 Å². The highest BCUT2D eigenvalue weighted by Crippen LogP contribution is 2.31. The number of carbonyl (C=O) groups is 1. The lowest BCUT2D eigenvalue weighted by Crippen LogP contribution is -2.36. The predicted molar refractivity (Wildman–Crippen MR) is 130 cm³/mol. The van der Waals surface area contributed by atoms with Crippen LogP contribution in [0.4, 0.5) is 11.4 Å². The van der Waals surface area contributed by atoms with Crippen molar-refractivity contribution >= 4 is 40.6 Å². The number of rotatable bonds is 6. The van der Waals surface area contributed by atoms with Crippen LogP contribution in [0, 0.1) is 13.8 Å². The maximum absolute atomic E-state index is 13.3. The number of morpholine rings is 1. The van der Waals surface area contributed by atoms with E-state index in [-0.39, 0.29) is 5.91 Å². The van der Waals surface area contributed by atoms with E-state index in [0.717, 1.165) is 35.7 Å². The van der Waals surface area contributed by atoms with Crippen LogP contribution in [0.1, 0.15) is 27.3 Å². The van der Waals surface area contributed by atoms with Crippen LogP contribution in [-0.2, 0) is 10.5 Å². The molecule has 0 unspecified atom stereocenters. The number of anilines is 2. The first-order chi connectivity index (χ1) is 15.5. The van der Waals surface area contributed by atoms with E-state index in [1.165, 1.54) is 11.8 Å². The number of halogens is 1. The molecular weight excluding hydrogens is 444 g/mol. The molecule has 32 heavy (non-hydrogen) atoms. The summed E-state index contributed by atoms with van der Waals surface area (Å²) in [7, 11) is 0. The van der Waals surface area contributed by atoms with Gasteiger partial charge in [-0.3, -0.25) is 4.79 Å². The van der Waals surface area contributed by atoms with E-state index in [1.54, 1.807) is 6.07 Å².